The van der Waals surface area contributed by atoms with Crippen molar-refractivity contribution in [1.82, 2.24) is 15.2 Å². The molecule has 0 amide bonds. The topological polar surface area (TPSA) is 85.7 Å². The second kappa shape index (κ2) is 6.62. The Morgan fingerprint density at radius 2 is 2.26 bits per heavy atom. The fourth-order valence-corrected chi connectivity index (χ4v) is 3.13. The van der Waals surface area contributed by atoms with Crippen LogP contribution in [0.2, 0.25) is 0 Å². The molecular weight excluding hydrogens is 294 g/mol. The molecular formula is C17H21N3O3. The van der Waals surface area contributed by atoms with Crippen LogP contribution in [0.25, 0.3) is 10.9 Å². The van der Waals surface area contributed by atoms with Crippen LogP contribution in [-0.4, -0.2) is 58.3 Å². The number of para-hydroxylation sites is 1. The Balaban J connectivity index is 1.97. The highest BCUT2D eigenvalue weighted by Crippen LogP contribution is 2.24. The molecule has 3 rings (SSSR count). The fraction of sp³-hybridized carbons (Fsp3) is 0.412. The molecule has 6 nitrogen and oxygen atoms in total. The van der Waals surface area contributed by atoms with Gasteiger partial charge in [-0.05, 0) is 19.1 Å². The van der Waals surface area contributed by atoms with Crippen LogP contribution >= 0.6 is 0 Å². The summed E-state index contributed by atoms with van der Waals surface area (Å²) in [7, 11) is 0. The number of aromatic carboxylic acids is 1. The van der Waals surface area contributed by atoms with E-state index in [4.69, 9.17) is 0 Å². The predicted molar refractivity (Wildman–Crippen MR) is 87.6 cm³/mol. The van der Waals surface area contributed by atoms with Crippen LogP contribution in [0.1, 0.15) is 29.0 Å². The van der Waals surface area contributed by atoms with Crippen LogP contribution in [0.5, 0.6) is 0 Å². The van der Waals surface area contributed by atoms with Crippen LogP contribution in [0.4, 0.5) is 0 Å². The third kappa shape index (κ3) is 3.50. The molecule has 0 bridgehead atoms. The zero-order valence-corrected chi connectivity index (χ0v) is 13.1. The molecule has 2 heterocycles. The van der Waals surface area contributed by atoms with Crippen molar-refractivity contribution in [2.75, 3.05) is 26.2 Å². The summed E-state index contributed by atoms with van der Waals surface area (Å²) in [6.45, 7) is 4.60. The molecule has 122 valence electrons. The number of carboxylic acid groups (broad SMARTS) is 1. The van der Waals surface area contributed by atoms with Gasteiger partial charge in [-0.15, -0.1) is 0 Å². The van der Waals surface area contributed by atoms with Crippen molar-refractivity contribution >= 4 is 16.9 Å². The number of pyridine rings is 1. The summed E-state index contributed by atoms with van der Waals surface area (Å²) in [6, 6.07) is 9.33. The summed E-state index contributed by atoms with van der Waals surface area (Å²) in [5.74, 6) is -1.01. The van der Waals surface area contributed by atoms with Crippen molar-refractivity contribution in [2.45, 2.75) is 19.1 Å². The average molecular weight is 315 g/mol. The number of aromatic nitrogens is 1. The van der Waals surface area contributed by atoms with E-state index in [0.29, 0.717) is 24.2 Å². The maximum atomic E-state index is 11.6. The lowest BCUT2D eigenvalue weighted by molar-refractivity contribution is 0.0685. The van der Waals surface area contributed by atoms with Crippen LogP contribution in [0.15, 0.2) is 30.3 Å². The number of hydrogen-bond donors (Lipinski definition) is 3. The van der Waals surface area contributed by atoms with E-state index in [1.165, 1.54) is 0 Å². The first kappa shape index (κ1) is 15.9. The first-order chi connectivity index (χ1) is 11.0. The number of hydrogen-bond acceptors (Lipinski definition) is 5. The molecule has 2 aromatic rings. The van der Waals surface area contributed by atoms with Gasteiger partial charge in [-0.3, -0.25) is 4.90 Å². The number of carboxylic acids is 1. The summed E-state index contributed by atoms with van der Waals surface area (Å²) >= 11 is 0. The van der Waals surface area contributed by atoms with Crippen molar-refractivity contribution < 1.29 is 15.0 Å². The Labute approximate surface area is 134 Å². The number of benzene rings is 1. The number of aliphatic hydroxyl groups excluding tert-OH is 1. The van der Waals surface area contributed by atoms with Crippen LogP contribution in [0, 0.1) is 0 Å². The van der Waals surface area contributed by atoms with Crippen molar-refractivity contribution in [1.29, 1.82) is 0 Å². The number of piperazine rings is 1. The smallest absolute Gasteiger partial charge is 0.354 e. The van der Waals surface area contributed by atoms with Gasteiger partial charge in [0.2, 0.25) is 0 Å². The first-order valence-electron chi connectivity index (χ1n) is 7.81. The molecule has 6 heteroatoms. The number of nitrogens with one attached hydrogen (secondary N) is 1. The lowest BCUT2D eigenvalue weighted by Crippen LogP contribution is -2.48. The summed E-state index contributed by atoms with van der Waals surface area (Å²) in [5, 5.41) is 23.4. The van der Waals surface area contributed by atoms with Gasteiger partial charge >= 0.3 is 5.97 Å². The largest absolute Gasteiger partial charge is 0.477 e. The van der Waals surface area contributed by atoms with E-state index in [1.54, 1.807) is 6.92 Å². The van der Waals surface area contributed by atoms with Gasteiger partial charge in [0.05, 0.1) is 11.6 Å². The quantitative estimate of drug-likeness (QED) is 0.787. The molecule has 2 unspecified atom stereocenters. The van der Waals surface area contributed by atoms with E-state index >= 15 is 0 Å². The zero-order valence-electron chi connectivity index (χ0n) is 13.1. The molecule has 1 aromatic heterocycles. The number of aliphatic hydroxyl groups is 1. The molecule has 0 radical (unpaired) electrons. The van der Waals surface area contributed by atoms with Gasteiger partial charge in [0.1, 0.15) is 0 Å². The summed E-state index contributed by atoms with van der Waals surface area (Å²) in [5.41, 5.74) is 1.48. The average Bonchev–Trinajstić information content (AvgIpc) is 2.53. The second-order valence-corrected chi connectivity index (χ2v) is 6.04. The van der Waals surface area contributed by atoms with Gasteiger partial charge in [-0.25, -0.2) is 9.78 Å². The van der Waals surface area contributed by atoms with Gasteiger partial charge in [0.15, 0.2) is 5.69 Å². The van der Waals surface area contributed by atoms with Crippen LogP contribution in [0.3, 0.4) is 0 Å². The van der Waals surface area contributed by atoms with Gasteiger partial charge in [-0.2, -0.15) is 0 Å². The van der Waals surface area contributed by atoms with Crippen LogP contribution < -0.4 is 5.32 Å². The van der Waals surface area contributed by atoms with Gasteiger partial charge in [-0.1, -0.05) is 18.2 Å². The SMILES string of the molecule is CC(O)CN1CCNC(c2cc3ccccc3nc2C(=O)O)C1. The number of β-amino-alcohol motifs (C(OH)–C–C–N with tert-alkyl or cyclic N) is 1. The maximum Gasteiger partial charge on any atom is 0.354 e. The monoisotopic (exact) mass is 315 g/mol. The summed E-state index contributed by atoms with van der Waals surface area (Å²) in [6.07, 6.45) is -0.401. The number of nitrogens with zero attached hydrogens (tertiary/aromatic N) is 2. The van der Waals surface area contributed by atoms with Crippen LogP contribution in [-0.2, 0) is 0 Å². The van der Waals surface area contributed by atoms with Crippen molar-refractivity contribution in [3.8, 4) is 0 Å². The molecule has 2 atom stereocenters. The molecule has 1 aliphatic heterocycles. The molecule has 0 saturated carbocycles. The third-order valence-electron chi connectivity index (χ3n) is 4.11. The van der Waals surface area contributed by atoms with Crippen molar-refractivity contribution in [3.05, 3.63) is 41.6 Å². The fourth-order valence-electron chi connectivity index (χ4n) is 3.13. The zero-order chi connectivity index (χ0) is 16.4. The number of carbonyl (C=O) groups is 1. The van der Waals surface area contributed by atoms with E-state index in [-0.39, 0.29) is 11.7 Å². The summed E-state index contributed by atoms with van der Waals surface area (Å²) in [4.78, 5) is 18.1. The minimum absolute atomic E-state index is 0.0973. The normalized spacial score (nSPS) is 20.5. The lowest BCUT2D eigenvalue weighted by Gasteiger charge is -2.34. The standard InChI is InChI=1S/C17H21N3O3/c1-11(21)9-20-7-6-18-15(10-20)13-8-12-4-2-3-5-14(12)19-16(13)17(22)23/h2-5,8,11,15,18,21H,6-7,9-10H2,1H3,(H,22,23). The number of fused-ring (bicyclic) bond motifs is 1. The molecule has 23 heavy (non-hydrogen) atoms. The molecule has 1 saturated heterocycles. The maximum absolute atomic E-state index is 11.6. The Kier molecular flexibility index (Phi) is 4.56. The van der Waals surface area contributed by atoms with Gasteiger partial charge in [0.25, 0.3) is 0 Å². The van der Waals surface area contributed by atoms with E-state index in [0.717, 1.165) is 18.5 Å². The lowest BCUT2D eigenvalue weighted by atomic mass is 10.00. The Bertz CT molecular complexity index is 717. The first-order valence-corrected chi connectivity index (χ1v) is 7.81. The minimum Gasteiger partial charge on any atom is -0.477 e. The molecule has 1 aromatic carbocycles. The molecule has 1 fully saturated rings. The Morgan fingerprint density at radius 3 is 3.00 bits per heavy atom. The van der Waals surface area contributed by atoms with E-state index in [9.17, 15) is 15.0 Å². The highest BCUT2D eigenvalue weighted by Gasteiger charge is 2.26. The molecule has 1 aliphatic rings. The molecule has 3 N–H and O–H groups in total. The van der Waals surface area contributed by atoms with E-state index in [2.05, 4.69) is 15.2 Å². The number of rotatable bonds is 4. The highest BCUT2D eigenvalue weighted by atomic mass is 16.4. The molecule has 0 aliphatic carbocycles. The van der Waals surface area contributed by atoms with Crippen molar-refractivity contribution in [3.63, 3.8) is 0 Å². The van der Waals surface area contributed by atoms with Crippen molar-refractivity contribution in [2.24, 2.45) is 0 Å². The predicted octanol–water partition coefficient (Wildman–Crippen LogP) is 1.26. The summed E-state index contributed by atoms with van der Waals surface area (Å²) < 4.78 is 0. The van der Waals surface area contributed by atoms with E-state index < -0.39 is 12.1 Å². The Hall–Kier alpha value is -2.02. The third-order valence-corrected chi connectivity index (χ3v) is 4.11. The van der Waals surface area contributed by atoms with E-state index in [1.807, 2.05) is 30.3 Å². The van der Waals surface area contributed by atoms with Gasteiger partial charge in [0, 0.05) is 43.2 Å². The highest BCUT2D eigenvalue weighted by molar-refractivity contribution is 5.92. The minimum atomic E-state index is -1.01. The Morgan fingerprint density at radius 1 is 1.48 bits per heavy atom. The molecule has 0 spiro atoms. The van der Waals surface area contributed by atoms with Gasteiger partial charge < -0.3 is 15.5 Å². The second-order valence-electron chi connectivity index (χ2n) is 6.04.